The van der Waals surface area contributed by atoms with Crippen molar-refractivity contribution in [1.29, 1.82) is 0 Å². The minimum Gasteiger partial charge on any atom is -0.399 e. The summed E-state index contributed by atoms with van der Waals surface area (Å²) < 4.78 is 0. The fourth-order valence-electron chi connectivity index (χ4n) is 1.94. The van der Waals surface area contributed by atoms with Gasteiger partial charge in [0.2, 0.25) is 0 Å². The summed E-state index contributed by atoms with van der Waals surface area (Å²) in [7, 11) is 0. The highest BCUT2D eigenvalue weighted by atomic mass is 32.1. The Kier molecular flexibility index (Phi) is 5.29. The molecule has 0 radical (unpaired) electrons. The van der Waals surface area contributed by atoms with Crippen LogP contribution < -0.4 is 22.1 Å². The van der Waals surface area contributed by atoms with Gasteiger partial charge in [-0.15, -0.1) is 0 Å². The molecule has 0 atom stereocenters. The first-order valence-corrected chi connectivity index (χ1v) is 7.72. The number of hydrogen-bond acceptors (Lipinski definition) is 4. The average molecular weight is 340 g/mol. The summed E-state index contributed by atoms with van der Waals surface area (Å²) >= 11 is 5.29. The Hall–Kier alpha value is -2.75. The van der Waals surface area contributed by atoms with Crippen LogP contribution in [0.3, 0.4) is 0 Å². The molecule has 24 heavy (non-hydrogen) atoms. The largest absolute Gasteiger partial charge is 0.399 e. The summed E-state index contributed by atoms with van der Waals surface area (Å²) in [6.07, 6.45) is 0. The second-order valence-corrected chi connectivity index (χ2v) is 6.27. The lowest BCUT2D eigenvalue weighted by atomic mass is 10.1. The van der Waals surface area contributed by atoms with Gasteiger partial charge in [0.1, 0.15) is 5.60 Å². The predicted octanol–water partition coefficient (Wildman–Crippen LogP) is 2.78. The third kappa shape index (κ3) is 5.80. The zero-order valence-electron chi connectivity index (χ0n) is 13.6. The van der Waals surface area contributed by atoms with E-state index in [1.807, 2.05) is 24.3 Å². The average Bonchev–Trinajstić information content (AvgIpc) is 2.43. The molecule has 0 spiro atoms. The quantitative estimate of drug-likeness (QED) is 0.328. The minimum atomic E-state index is -1.03. The summed E-state index contributed by atoms with van der Waals surface area (Å²) in [6, 6.07) is 12.6. The molecule has 2 rings (SSSR count). The highest BCUT2D eigenvalue weighted by Crippen LogP contribution is 2.18. The van der Waals surface area contributed by atoms with Crippen molar-refractivity contribution >= 4 is 40.1 Å². The first kappa shape index (κ1) is 17.6. The fourth-order valence-corrected chi connectivity index (χ4v) is 2.18. The van der Waals surface area contributed by atoms with E-state index in [0.29, 0.717) is 22.2 Å². The lowest BCUT2D eigenvalue weighted by molar-refractivity contribution is 0.143. The van der Waals surface area contributed by atoms with Crippen molar-refractivity contribution in [2.75, 3.05) is 22.1 Å². The van der Waals surface area contributed by atoms with Crippen LogP contribution in [-0.4, -0.2) is 15.8 Å². The van der Waals surface area contributed by atoms with Gasteiger partial charge < -0.3 is 27.2 Å². The molecule has 7 N–H and O–H groups in total. The molecule has 2 aromatic carbocycles. The van der Waals surface area contributed by atoms with E-state index in [1.165, 1.54) is 0 Å². The van der Waals surface area contributed by atoms with Crippen LogP contribution in [0.25, 0.3) is 0 Å². The van der Waals surface area contributed by atoms with Gasteiger partial charge >= 0.3 is 0 Å². The zero-order chi connectivity index (χ0) is 17.7. The Morgan fingerprint density at radius 3 is 2.29 bits per heavy atom. The highest BCUT2D eigenvalue weighted by Gasteiger charge is 2.06. The van der Waals surface area contributed by atoms with Crippen LogP contribution in [0.1, 0.15) is 19.4 Å². The van der Waals surface area contributed by atoms with Gasteiger partial charge in [-0.1, -0.05) is 17.9 Å². The van der Waals surface area contributed by atoms with Gasteiger partial charge in [-0.05, 0) is 62.5 Å². The summed E-state index contributed by atoms with van der Waals surface area (Å²) in [6.45, 7) is 3.27. The molecule has 0 saturated heterocycles. The van der Waals surface area contributed by atoms with E-state index in [-0.39, 0.29) is 0 Å². The van der Waals surface area contributed by atoms with E-state index in [9.17, 15) is 5.11 Å². The van der Waals surface area contributed by atoms with Crippen molar-refractivity contribution in [2.24, 2.45) is 0 Å². The van der Waals surface area contributed by atoms with Gasteiger partial charge in [0, 0.05) is 28.3 Å². The van der Waals surface area contributed by atoms with Gasteiger partial charge in [-0.2, -0.15) is 0 Å². The number of anilines is 4. The molecular formula is C18H20N4OS. The van der Waals surface area contributed by atoms with E-state index in [4.69, 9.17) is 23.7 Å². The highest BCUT2D eigenvalue weighted by molar-refractivity contribution is 7.80. The van der Waals surface area contributed by atoms with Crippen molar-refractivity contribution in [2.45, 2.75) is 19.4 Å². The molecule has 0 aliphatic heterocycles. The smallest absolute Gasteiger partial charge is 0.175 e. The lowest BCUT2D eigenvalue weighted by Crippen LogP contribution is -2.19. The molecule has 0 saturated carbocycles. The second kappa shape index (κ2) is 7.21. The monoisotopic (exact) mass is 340 g/mol. The molecule has 0 heterocycles. The summed E-state index contributed by atoms with van der Waals surface area (Å²) in [4.78, 5) is 0. The number of thiocarbonyl (C=S) groups is 1. The SMILES string of the molecule is CC(C)(O)C#Cc1cccc(NC(=S)Nc2cc(N)cc(N)c2)c1. The molecular weight excluding hydrogens is 320 g/mol. The maximum Gasteiger partial charge on any atom is 0.175 e. The van der Waals surface area contributed by atoms with Gasteiger partial charge in [0.05, 0.1) is 0 Å². The zero-order valence-corrected chi connectivity index (χ0v) is 14.4. The summed E-state index contributed by atoms with van der Waals surface area (Å²) in [5.41, 5.74) is 13.9. The van der Waals surface area contributed by atoms with Crippen LogP contribution in [0.4, 0.5) is 22.7 Å². The number of nitrogen functional groups attached to an aromatic ring is 2. The van der Waals surface area contributed by atoms with Crippen molar-refractivity contribution < 1.29 is 5.11 Å². The van der Waals surface area contributed by atoms with E-state index in [1.54, 1.807) is 32.0 Å². The lowest BCUT2D eigenvalue weighted by Gasteiger charge is -2.12. The third-order valence-electron chi connectivity index (χ3n) is 2.87. The topological polar surface area (TPSA) is 96.3 Å². The molecule has 0 bridgehead atoms. The molecule has 124 valence electrons. The van der Waals surface area contributed by atoms with E-state index in [2.05, 4.69) is 22.5 Å². The summed E-state index contributed by atoms with van der Waals surface area (Å²) in [5.74, 6) is 5.70. The van der Waals surface area contributed by atoms with Gasteiger partial charge in [0.15, 0.2) is 5.11 Å². The Morgan fingerprint density at radius 2 is 1.67 bits per heavy atom. The molecule has 0 amide bonds. The fraction of sp³-hybridized carbons (Fsp3) is 0.167. The van der Waals surface area contributed by atoms with E-state index >= 15 is 0 Å². The molecule has 0 fully saturated rings. The molecule has 2 aromatic rings. The standard InChI is InChI=1S/C18H20N4OS/c1-18(2,23)7-6-12-4-3-5-15(8-12)21-17(24)22-16-10-13(19)9-14(20)11-16/h3-5,8-11,23H,19-20H2,1-2H3,(H2,21,22,24). The van der Waals surface area contributed by atoms with Crippen molar-refractivity contribution in [3.8, 4) is 11.8 Å². The van der Waals surface area contributed by atoms with E-state index in [0.717, 1.165) is 11.3 Å². The Morgan fingerprint density at radius 1 is 1.04 bits per heavy atom. The molecule has 6 heteroatoms. The van der Waals surface area contributed by atoms with Crippen LogP contribution in [0, 0.1) is 11.8 Å². The van der Waals surface area contributed by atoms with Crippen LogP contribution in [0.15, 0.2) is 42.5 Å². The maximum absolute atomic E-state index is 9.66. The van der Waals surface area contributed by atoms with Crippen LogP contribution in [0.5, 0.6) is 0 Å². The number of nitrogens with one attached hydrogen (secondary N) is 2. The van der Waals surface area contributed by atoms with Gasteiger partial charge in [-0.25, -0.2) is 0 Å². The van der Waals surface area contributed by atoms with Crippen molar-refractivity contribution in [3.05, 3.63) is 48.0 Å². The Labute approximate surface area is 147 Å². The molecule has 0 aliphatic carbocycles. The first-order valence-electron chi connectivity index (χ1n) is 7.31. The minimum absolute atomic E-state index is 0.410. The van der Waals surface area contributed by atoms with Crippen LogP contribution >= 0.6 is 12.2 Å². The number of benzene rings is 2. The molecule has 0 aromatic heterocycles. The normalized spacial score (nSPS) is 10.5. The van der Waals surface area contributed by atoms with Gasteiger partial charge in [-0.3, -0.25) is 0 Å². The van der Waals surface area contributed by atoms with Gasteiger partial charge in [0.25, 0.3) is 0 Å². The number of hydrogen-bond donors (Lipinski definition) is 5. The first-order chi connectivity index (χ1) is 11.2. The third-order valence-corrected chi connectivity index (χ3v) is 3.07. The Balaban J connectivity index is 2.07. The van der Waals surface area contributed by atoms with E-state index < -0.39 is 5.60 Å². The maximum atomic E-state index is 9.66. The van der Waals surface area contributed by atoms with Crippen LogP contribution in [-0.2, 0) is 0 Å². The molecule has 5 nitrogen and oxygen atoms in total. The number of rotatable bonds is 2. The van der Waals surface area contributed by atoms with Crippen LogP contribution in [0.2, 0.25) is 0 Å². The molecule has 0 unspecified atom stereocenters. The molecule has 0 aliphatic rings. The van der Waals surface area contributed by atoms with Crippen molar-refractivity contribution in [1.82, 2.24) is 0 Å². The number of nitrogens with two attached hydrogens (primary N) is 2. The Bertz CT molecular complexity index is 795. The van der Waals surface area contributed by atoms with Crippen molar-refractivity contribution in [3.63, 3.8) is 0 Å². The summed E-state index contributed by atoms with van der Waals surface area (Å²) in [5, 5.41) is 16.2. The second-order valence-electron chi connectivity index (χ2n) is 5.86. The number of aliphatic hydroxyl groups is 1. The predicted molar refractivity (Wildman–Crippen MR) is 105 cm³/mol.